The predicted molar refractivity (Wildman–Crippen MR) is 121 cm³/mol. The minimum atomic E-state index is -0.297. The Kier molecular flexibility index (Phi) is 5.08. The first-order chi connectivity index (χ1) is 14.2. The summed E-state index contributed by atoms with van der Waals surface area (Å²) < 4.78 is 4.90. The van der Waals surface area contributed by atoms with Gasteiger partial charge in [0.2, 0.25) is 5.95 Å². The third-order valence-corrected chi connectivity index (χ3v) is 6.17. The van der Waals surface area contributed by atoms with Crippen molar-refractivity contribution in [1.82, 2.24) is 18.7 Å². The van der Waals surface area contributed by atoms with E-state index in [1.807, 2.05) is 4.57 Å². The van der Waals surface area contributed by atoms with Crippen molar-refractivity contribution in [3.8, 4) is 0 Å². The summed E-state index contributed by atoms with van der Waals surface area (Å²) in [4.78, 5) is 33.2. The molecule has 7 nitrogen and oxygen atoms in total. The van der Waals surface area contributed by atoms with Gasteiger partial charge in [0.1, 0.15) is 0 Å². The van der Waals surface area contributed by atoms with Crippen molar-refractivity contribution in [3.63, 3.8) is 0 Å². The number of imidazole rings is 1. The summed E-state index contributed by atoms with van der Waals surface area (Å²) in [5.41, 5.74) is 3.98. The van der Waals surface area contributed by atoms with Gasteiger partial charge in [-0.2, -0.15) is 4.98 Å². The van der Waals surface area contributed by atoms with Crippen molar-refractivity contribution < 1.29 is 0 Å². The molecule has 7 heteroatoms. The summed E-state index contributed by atoms with van der Waals surface area (Å²) in [6, 6.07) is 6.38. The van der Waals surface area contributed by atoms with E-state index in [-0.39, 0.29) is 11.2 Å². The molecule has 1 aliphatic rings. The second-order valence-corrected chi connectivity index (χ2v) is 9.16. The van der Waals surface area contributed by atoms with E-state index < -0.39 is 0 Å². The maximum atomic E-state index is 13.4. The van der Waals surface area contributed by atoms with Crippen LogP contribution in [0.25, 0.3) is 11.2 Å². The fourth-order valence-electron chi connectivity index (χ4n) is 4.20. The van der Waals surface area contributed by atoms with Gasteiger partial charge >= 0.3 is 5.69 Å². The van der Waals surface area contributed by atoms with E-state index in [9.17, 15) is 9.59 Å². The van der Waals surface area contributed by atoms with Gasteiger partial charge in [0.05, 0.1) is 0 Å². The molecule has 0 fully saturated rings. The first kappa shape index (κ1) is 20.4. The molecule has 3 aromatic rings. The van der Waals surface area contributed by atoms with Crippen molar-refractivity contribution in [2.45, 2.75) is 54.1 Å². The quantitative estimate of drug-likeness (QED) is 0.663. The lowest BCUT2D eigenvalue weighted by Gasteiger charge is -2.33. The molecule has 1 atom stereocenters. The summed E-state index contributed by atoms with van der Waals surface area (Å²) in [6.45, 7) is 12.5. The Hall–Kier alpha value is -2.83. The van der Waals surface area contributed by atoms with Crippen LogP contribution < -0.4 is 16.1 Å². The summed E-state index contributed by atoms with van der Waals surface area (Å²) in [5.74, 6) is 1.49. The van der Waals surface area contributed by atoms with E-state index in [0.29, 0.717) is 36.1 Å². The third-order valence-electron chi connectivity index (χ3n) is 6.17. The Bertz CT molecular complexity index is 1230. The van der Waals surface area contributed by atoms with Crippen molar-refractivity contribution in [1.29, 1.82) is 0 Å². The molecule has 1 aromatic carbocycles. The van der Waals surface area contributed by atoms with Crippen LogP contribution in [-0.4, -0.2) is 25.2 Å². The first-order valence-electron chi connectivity index (χ1n) is 10.7. The standard InChI is InChI=1S/C23H31N5O2/c1-14(2)9-10-26-21(29)19-20(25(6)23(26)30)24-22-27(12-15(3)13-28(19)22)18-8-7-16(4)17(5)11-18/h7-8,11,14-15H,9-10,12-13H2,1-6H3/t15-/m1/s1. The van der Waals surface area contributed by atoms with Gasteiger partial charge in [0.25, 0.3) is 5.56 Å². The zero-order valence-electron chi connectivity index (χ0n) is 18.8. The number of anilines is 2. The Labute approximate surface area is 176 Å². The van der Waals surface area contributed by atoms with E-state index in [0.717, 1.165) is 24.6 Å². The lowest BCUT2D eigenvalue weighted by Crippen LogP contribution is -2.40. The van der Waals surface area contributed by atoms with Crippen LogP contribution in [-0.2, 0) is 20.1 Å². The number of aryl methyl sites for hydroxylation is 3. The molecule has 0 bridgehead atoms. The van der Waals surface area contributed by atoms with E-state index in [4.69, 9.17) is 4.98 Å². The number of aromatic nitrogens is 4. The highest BCUT2D eigenvalue weighted by Crippen LogP contribution is 2.33. The molecule has 0 unspecified atom stereocenters. The minimum Gasteiger partial charge on any atom is -0.312 e. The number of fused-ring (bicyclic) bond motifs is 3. The molecular formula is C23H31N5O2. The molecule has 0 saturated heterocycles. The second-order valence-electron chi connectivity index (χ2n) is 9.16. The van der Waals surface area contributed by atoms with Crippen molar-refractivity contribution in [3.05, 3.63) is 50.2 Å². The number of hydrogen-bond acceptors (Lipinski definition) is 4. The molecule has 160 valence electrons. The predicted octanol–water partition coefficient (Wildman–Crippen LogP) is 3.35. The van der Waals surface area contributed by atoms with Crippen LogP contribution in [0.3, 0.4) is 0 Å². The average molecular weight is 410 g/mol. The van der Waals surface area contributed by atoms with Crippen LogP contribution >= 0.6 is 0 Å². The largest absolute Gasteiger partial charge is 0.332 e. The van der Waals surface area contributed by atoms with Gasteiger partial charge in [0, 0.05) is 32.4 Å². The molecule has 0 saturated carbocycles. The van der Waals surface area contributed by atoms with Gasteiger partial charge in [-0.25, -0.2) is 4.79 Å². The topological polar surface area (TPSA) is 65.1 Å². The first-order valence-corrected chi connectivity index (χ1v) is 10.7. The van der Waals surface area contributed by atoms with Gasteiger partial charge in [-0.15, -0.1) is 0 Å². The van der Waals surface area contributed by atoms with Crippen molar-refractivity contribution in [2.75, 3.05) is 11.4 Å². The van der Waals surface area contributed by atoms with E-state index >= 15 is 0 Å². The van der Waals surface area contributed by atoms with Crippen LogP contribution in [0.4, 0.5) is 11.6 Å². The van der Waals surface area contributed by atoms with Gasteiger partial charge in [0.15, 0.2) is 11.2 Å². The molecule has 3 heterocycles. The Balaban J connectivity index is 1.94. The third kappa shape index (κ3) is 3.26. The van der Waals surface area contributed by atoms with Crippen LogP contribution in [0.1, 0.15) is 38.3 Å². The number of benzene rings is 1. The average Bonchev–Trinajstić information content (AvgIpc) is 3.07. The van der Waals surface area contributed by atoms with E-state index in [1.54, 1.807) is 7.05 Å². The molecule has 4 rings (SSSR count). The Morgan fingerprint density at radius 1 is 1.13 bits per heavy atom. The number of nitrogens with zero attached hydrogens (tertiary/aromatic N) is 5. The normalized spacial score (nSPS) is 16.5. The van der Waals surface area contributed by atoms with Crippen LogP contribution in [0.2, 0.25) is 0 Å². The summed E-state index contributed by atoms with van der Waals surface area (Å²) in [6.07, 6.45) is 0.785. The zero-order chi connectivity index (χ0) is 21.7. The Morgan fingerprint density at radius 2 is 1.87 bits per heavy atom. The summed E-state index contributed by atoms with van der Waals surface area (Å²) in [5, 5.41) is 0. The molecule has 1 aliphatic heterocycles. The lowest BCUT2D eigenvalue weighted by atomic mass is 10.1. The highest BCUT2D eigenvalue weighted by molar-refractivity contribution is 5.77. The van der Waals surface area contributed by atoms with Crippen LogP contribution in [0.15, 0.2) is 27.8 Å². The molecular weight excluding hydrogens is 378 g/mol. The highest BCUT2D eigenvalue weighted by Gasteiger charge is 2.30. The van der Waals surface area contributed by atoms with Gasteiger partial charge < -0.3 is 9.47 Å². The monoisotopic (exact) mass is 409 g/mol. The molecule has 0 spiro atoms. The van der Waals surface area contributed by atoms with Gasteiger partial charge in [-0.05, 0) is 55.4 Å². The maximum Gasteiger partial charge on any atom is 0.332 e. The molecule has 30 heavy (non-hydrogen) atoms. The summed E-state index contributed by atoms with van der Waals surface area (Å²) >= 11 is 0. The molecule has 2 aromatic heterocycles. The van der Waals surface area contributed by atoms with Crippen molar-refractivity contribution >= 4 is 22.8 Å². The zero-order valence-corrected chi connectivity index (χ0v) is 18.8. The minimum absolute atomic E-state index is 0.235. The fraction of sp³-hybridized carbons (Fsp3) is 0.522. The van der Waals surface area contributed by atoms with E-state index in [2.05, 4.69) is 57.7 Å². The molecule has 0 amide bonds. The van der Waals surface area contributed by atoms with Gasteiger partial charge in [-0.1, -0.05) is 26.8 Å². The molecule has 0 N–H and O–H groups in total. The molecule has 0 radical (unpaired) electrons. The lowest BCUT2D eigenvalue weighted by molar-refractivity contribution is 0.455. The Morgan fingerprint density at radius 3 is 2.53 bits per heavy atom. The maximum absolute atomic E-state index is 13.4. The SMILES string of the molecule is Cc1ccc(N2C[C@@H](C)Cn3c2nc2c3c(=O)n(CCC(C)C)c(=O)n2C)cc1C. The second kappa shape index (κ2) is 7.45. The fourth-order valence-corrected chi connectivity index (χ4v) is 4.20. The summed E-state index contributed by atoms with van der Waals surface area (Å²) in [7, 11) is 1.71. The van der Waals surface area contributed by atoms with Crippen LogP contribution in [0, 0.1) is 25.7 Å². The van der Waals surface area contributed by atoms with E-state index in [1.165, 1.54) is 20.3 Å². The van der Waals surface area contributed by atoms with Crippen molar-refractivity contribution in [2.24, 2.45) is 18.9 Å². The number of rotatable bonds is 4. The highest BCUT2D eigenvalue weighted by atomic mass is 16.2. The molecule has 0 aliphatic carbocycles. The van der Waals surface area contributed by atoms with Crippen LogP contribution in [0.5, 0.6) is 0 Å². The van der Waals surface area contributed by atoms with Gasteiger partial charge in [-0.3, -0.25) is 13.9 Å². The smallest absolute Gasteiger partial charge is 0.312 e. The number of hydrogen-bond donors (Lipinski definition) is 0.